The first-order valence-electron chi connectivity index (χ1n) is 4.14. The Hall–Kier alpha value is -1.39. The molecule has 0 bridgehead atoms. The number of allylic oxidation sites excluding steroid dienone is 3. The maximum Gasteiger partial charge on any atom is 0.328 e. The third-order valence-electron chi connectivity index (χ3n) is 1.98. The fraction of sp³-hybridized carbons (Fsp3) is 0.300. The molecule has 76 valence electrons. The molecule has 0 spiro atoms. The number of hydrogen-bond acceptors (Lipinski definition) is 3. The van der Waals surface area contributed by atoms with Gasteiger partial charge in [-0.2, -0.15) is 0 Å². The minimum absolute atomic E-state index is 0.562. The van der Waals surface area contributed by atoms with Crippen molar-refractivity contribution in [2.24, 2.45) is 0 Å². The van der Waals surface area contributed by atoms with Crippen molar-refractivity contribution in [3.05, 3.63) is 36.0 Å². The number of carboxylic acid groups (broad SMARTS) is 1. The van der Waals surface area contributed by atoms with Gasteiger partial charge in [-0.05, 0) is 30.7 Å². The number of aliphatic hydroxyl groups excluding tert-OH is 1. The molecule has 0 heterocycles. The van der Waals surface area contributed by atoms with E-state index in [0.717, 1.165) is 6.08 Å². The van der Waals surface area contributed by atoms with Crippen LogP contribution < -0.4 is 0 Å². The fourth-order valence-electron chi connectivity index (χ4n) is 1.05. The third-order valence-corrected chi connectivity index (χ3v) is 1.98. The lowest BCUT2D eigenvalue weighted by Crippen LogP contribution is -2.37. The van der Waals surface area contributed by atoms with Gasteiger partial charge in [0, 0.05) is 6.08 Å². The Morgan fingerprint density at radius 3 is 2.79 bits per heavy atom. The van der Waals surface area contributed by atoms with E-state index in [0.29, 0.717) is 5.57 Å². The van der Waals surface area contributed by atoms with Gasteiger partial charge in [-0.15, -0.1) is 0 Å². The van der Waals surface area contributed by atoms with Crippen LogP contribution in [-0.2, 0) is 4.79 Å². The molecule has 0 aromatic heterocycles. The van der Waals surface area contributed by atoms with Crippen molar-refractivity contribution in [2.75, 3.05) is 0 Å². The van der Waals surface area contributed by atoms with Crippen molar-refractivity contribution in [3.63, 3.8) is 0 Å². The zero-order chi connectivity index (χ0) is 10.8. The second-order valence-electron chi connectivity index (χ2n) is 3.34. The largest absolute Gasteiger partial charge is 0.478 e. The quantitative estimate of drug-likeness (QED) is 0.553. The Morgan fingerprint density at radius 2 is 2.29 bits per heavy atom. The smallest absolute Gasteiger partial charge is 0.328 e. The highest BCUT2D eigenvalue weighted by atomic mass is 16.4. The molecule has 14 heavy (non-hydrogen) atoms. The first kappa shape index (κ1) is 10.7. The van der Waals surface area contributed by atoms with Gasteiger partial charge < -0.3 is 15.3 Å². The van der Waals surface area contributed by atoms with Gasteiger partial charge in [-0.25, -0.2) is 4.79 Å². The van der Waals surface area contributed by atoms with E-state index in [1.54, 1.807) is 6.08 Å². The molecular weight excluding hydrogens is 184 g/mol. The second kappa shape index (κ2) is 3.77. The topological polar surface area (TPSA) is 77.8 Å². The van der Waals surface area contributed by atoms with Crippen LogP contribution in [0.15, 0.2) is 36.0 Å². The summed E-state index contributed by atoms with van der Waals surface area (Å²) in [6.45, 7) is 1.47. The number of hydrogen-bond donors (Lipinski definition) is 3. The zero-order valence-corrected chi connectivity index (χ0v) is 7.71. The van der Waals surface area contributed by atoms with Crippen molar-refractivity contribution < 1.29 is 20.1 Å². The van der Waals surface area contributed by atoms with Crippen molar-refractivity contribution in [2.45, 2.75) is 18.6 Å². The van der Waals surface area contributed by atoms with E-state index in [-0.39, 0.29) is 0 Å². The Kier molecular flexibility index (Phi) is 2.88. The minimum Gasteiger partial charge on any atom is -0.478 e. The van der Waals surface area contributed by atoms with Gasteiger partial charge in [0.05, 0.1) is 0 Å². The number of rotatable bonds is 2. The molecule has 1 rings (SSSR count). The molecule has 0 aliphatic heterocycles. The minimum atomic E-state index is -1.28. The van der Waals surface area contributed by atoms with Gasteiger partial charge in [0.15, 0.2) is 0 Å². The fourth-order valence-corrected chi connectivity index (χ4v) is 1.05. The van der Waals surface area contributed by atoms with Crippen molar-refractivity contribution in [1.29, 1.82) is 0 Å². The molecule has 3 N–H and O–H groups in total. The van der Waals surface area contributed by atoms with Crippen LogP contribution in [0.5, 0.6) is 0 Å². The molecular formula is C10H12O4. The van der Waals surface area contributed by atoms with E-state index < -0.39 is 17.7 Å². The average molecular weight is 196 g/mol. The van der Waals surface area contributed by atoms with Crippen LogP contribution in [0.1, 0.15) is 6.92 Å². The summed E-state index contributed by atoms with van der Waals surface area (Å²) in [5, 5.41) is 27.3. The zero-order valence-electron chi connectivity index (χ0n) is 7.71. The van der Waals surface area contributed by atoms with Crippen LogP contribution in [0.2, 0.25) is 0 Å². The van der Waals surface area contributed by atoms with Crippen LogP contribution in [0.4, 0.5) is 0 Å². The summed E-state index contributed by atoms with van der Waals surface area (Å²) in [5.74, 6) is -1.05. The Morgan fingerprint density at radius 1 is 1.64 bits per heavy atom. The Labute approximate surface area is 81.5 Å². The van der Waals surface area contributed by atoms with E-state index in [2.05, 4.69) is 0 Å². The number of carbonyl (C=O) groups is 1. The first-order valence-corrected chi connectivity index (χ1v) is 4.14. The summed E-state index contributed by atoms with van der Waals surface area (Å²) in [6.07, 6.45) is 5.71. The summed E-state index contributed by atoms with van der Waals surface area (Å²) in [5.41, 5.74) is -0.716. The van der Waals surface area contributed by atoms with E-state index >= 15 is 0 Å². The summed E-state index contributed by atoms with van der Waals surface area (Å²) in [6, 6.07) is 0. The molecule has 0 saturated heterocycles. The maximum atomic E-state index is 10.2. The first-order chi connectivity index (χ1) is 6.42. The molecule has 0 fully saturated rings. The average Bonchev–Trinajstić information content (AvgIpc) is 2.07. The van der Waals surface area contributed by atoms with Crippen LogP contribution in [-0.4, -0.2) is 33.0 Å². The highest BCUT2D eigenvalue weighted by molar-refractivity contribution is 5.80. The standard InChI is InChI=1S/C10H12O4/c1-10(14)5-4-7(6-8(10)11)2-3-9(12)13/h2-6,8,11,14H,1H3,(H,12,13)/b3-2+. The lowest BCUT2D eigenvalue weighted by atomic mass is 9.91. The maximum absolute atomic E-state index is 10.2. The van der Waals surface area contributed by atoms with E-state index in [1.165, 1.54) is 25.2 Å². The summed E-state index contributed by atoms with van der Waals surface area (Å²) in [4.78, 5) is 10.2. The predicted octanol–water partition coefficient (Wildman–Crippen LogP) is 0.235. The number of aliphatic carboxylic acids is 1. The van der Waals surface area contributed by atoms with Gasteiger partial charge >= 0.3 is 5.97 Å². The highest BCUT2D eigenvalue weighted by Gasteiger charge is 2.27. The van der Waals surface area contributed by atoms with E-state index in [4.69, 9.17) is 5.11 Å². The van der Waals surface area contributed by atoms with Crippen LogP contribution in [0.25, 0.3) is 0 Å². The predicted molar refractivity (Wildman–Crippen MR) is 50.6 cm³/mol. The Bertz CT molecular complexity index is 323. The molecule has 0 aromatic carbocycles. The molecule has 1 aliphatic carbocycles. The lowest BCUT2D eigenvalue weighted by molar-refractivity contribution is -0.131. The lowest BCUT2D eigenvalue weighted by Gasteiger charge is -2.26. The van der Waals surface area contributed by atoms with Gasteiger partial charge in [-0.1, -0.05) is 6.08 Å². The summed E-state index contributed by atoms with van der Waals surface area (Å²) < 4.78 is 0. The molecule has 4 nitrogen and oxygen atoms in total. The Balaban J connectivity index is 2.78. The van der Waals surface area contributed by atoms with Gasteiger partial charge in [-0.3, -0.25) is 0 Å². The number of aliphatic hydroxyl groups is 2. The molecule has 0 radical (unpaired) electrons. The third kappa shape index (κ3) is 2.55. The van der Waals surface area contributed by atoms with E-state index in [9.17, 15) is 15.0 Å². The molecule has 0 saturated carbocycles. The van der Waals surface area contributed by atoms with Crippen LogP contribution >= 0.6 is 0 Å². The molecule has 2 unspecified atom stereocenters. The molecule has 2 atom stereocenters. The van der Waals surface area contributed by atoms with Gasteiger partial charge in [0.2, 0.25) is 0 Å². The molecule has 0 amide bonds. The SMILES string of the molecule is CC1(O)C=CC(/C=C/C(=O)O)=CC1O. The molecule has 0 aromatic rings. The van der Waals surface area contributed by atoms with Crippen LogP contribution in [0.3, 0.4) is 0 Å². The number of carboxylic acids is 1. The summed E-state index contributed by atoms with van der Waals surface area (Å²) in [7, 11) is 0. The second-order valence-corrected chi connectivity index (χ2v) is 3.34. The summed E-state index contributed by atoms with van der Waals surface area (Å²) >= 11 is 0. The molecule has 4 heteroatoms. The van der Waals surface area contributed by atoms with Gasteiger partial charge in [0.1, 0.15) is 11.7 Å². The highest BCUT2D eigenvalue weighted by Crippen LogP contribution is 2.21. The molecule has 1 aliphatic rings. The normalized spacial score (nSPS) is 31.9. The van der Waals surface area contributed by atoms with E-state index in [1.807, 2.05) is 0 Å². The van der Waals surface area contributed by atoms with Crippen molar-refractivity contribution in [1.82, 2.24) is 0 Å². The monoisotopic (exact) mass is 196 g/mol. The van der Waals surface area contributed by atoms with Crippen molar-refractivity contribution in [3.8, 4) is 0 Å². The van der Waals surface area contributed by atoms with Crippen LogP contribution in [0, 0.1) is 0 Å². The van der Waals surface area contributed by atoms with Gasteiger partial charge in [0.25, 0.3) is 0 Å². The van der Waals surface area contributed by atoms with Crippen molar-refractivity contribution >= 4 is 5.97 Å².